The number of carbonyl (C=O) groups excluding carboxylic acids is 2. The van der Waals surface area contributed by atoms with Gasteiger partial charge in [-0.2, -0.15) is 0 Å². The number of benzene rings is 3. The van der Waals surface area contributed by atoms with Gasteiger partial charge in [-0.05, 0) is 80.5 Å². The van der Waals surface area contributed by atoms with Gasteiger partial charge >= 0.3 is 0 Å². The second-order valence-electron chi connectivity index (χ2n) is 10.5. The van der Waals surface area contributed by atoms with Crippen LogP contribution in [0, 0.1) is 12.8 Å². The van der Waals surface area contributed by atoms with Crippen LogP contribution in [0.4, 0.5) is 0 Å². The highest BCUT2D eigenvalue weighted by atomic mass is 16.5. The van der Waals surface area contributed by atoms with Crippen molar-refractivity contribution in [2.45, 2.75) is 26.8 Å². The van der Waals surface area contributed by atoms with Gasteiger partial charge in [0, 0.05) is 18.7 Å². The van der Waals surface area contributed by atoms with E-state index in [0.717, 1.165) is 5.56 Å². The average molecular weight is 529 g/mol. The largest absolute Gasteiger partial charge is 0.507 e. The first-order valence-electron chi connectivity index (χ1n) is 13.2. The van der Waals surface area contributed by atoms with Crippen LogP contribution in [0.2, 0.25) is 0 Å². The van der Waals surface area contributed by atoms with Crippen molar-refractivity contribution in [3.63, 3.8) is 0 Å². The number of rotatable bonds is 10. The molecule has 1 fully saturated rings. The Morgan fingerprint density at radius 2 is 1.67 bits per heavy atom. The van der Waals surface area contributed by atoms with Gasteiger partial charge in [-0.15, -0.1) is 0 Å². The van der Waals surface area contributed by atoms with Gasteiger partial charge in [0.2, 0.25) is 0 Å². The Kier molecular flexibility index (Phi) is 8.72. The Bertz CT molecular complexity index is 1360. The summed E-state index contributed by atoms with van der Waals surface area (Å²) in [6.45, 7) is 7.45. The van der Waals surface area contributed by atoms with Crippen molar-refractivity contribution in [3.8, 4) is 17.2 Å². The molecule has 0 aromatic heterocycles. The van der Waals surface area contributed by atoms with E-state index in [4.69, 9.17) is 9.47 Å². The van der Waals surface area contributed by atoms with Gasteiger partial charge in [-0.25, -0.2) is 0 Å². The number of hydrogen-bond donors (Lipinski definition) is 1. The van der Waals surface area contributed by atoms with Crippen LogP contribution in [0.15, 0.2) is 78.4 Å². The number of amides is 1. The minimum Gasteiger partial charge on any atom is -0.507 e. The molecule has 7 nitrogen and oxygen atoms in total. The first-order valence-corrected chi connectivity index (χ1v) is 13.2. The fraction of sp³-hybridized carbons (Fsp3) is 0.312. The van der Waals surface area contributed by atoms with Gasteiger partial charge in [0.1, 0.15) is 23.0 Å². The highest BCUT2D eigenvalue weighted by molar-refractivity contribution is 6.46. The van der Waals surface area contributed by atoms with Crippen molar-refractivity contribution in [2.24, 2.45) is 5.92 Å². The standard InChI is InChI=1S/C32H36N2O5/c1-21(2)20-38-25-14-15-27(22(3)18-25)30(35)28-29(34(17-16-33(4)5)32(37)31(28)36)23-10-9-13-26(19-23)39-24-11-7-6-8-12-24/h6-15,18-19,21,29,35H,16-17,20H2,1-5H3/t29-/m1/s1. The van der Waals surface area contributed by atoms with Crippen LogP contribution in [0.25, 0.3) is 5.76 Å². The predicted molar refractivity (Wildman–Crippen MR) is 152 cm³/mol. The molecule has 3 aromatic carbocycles. The smallest absolute Gasteiger partial charge is 0.295 e. The summed E-state index contributed by atoms with van der Waals surface area (Å²) in [6, 6.07) is 21.3. The molecule has 0 aliphatic carbocycles. The second-order valence-corrected chi connectivity index (χ2v) is 10.5. The minimum absolute atomic E-state index is 0.0644. The quantitative estimate of drug-likeness (QED) is 0.203. The highest BCUT2D eigenvalue weighted by Gasteiger charge is 2.46. The summed E-state index contributed by atoms with van der Waals surface area (Å²) in [5, 5.41) is 11.5. The number of aryl methyl sites for hydroxylation is 1. The van der Waals surface area contributed by atoms with E-state index in [1.165, 1.54) is 4.90 Å². The molecule has 1 aliphatic heterocycles. The number of nitrogens with zero attached hydrogens (tertiary/aromatic N) is 2. The minimum atomic E-state index is -0.763. The molecule has 7 heteroatoms. The van der Waals surface area contributed by atoms with Gasteiger partial charge in [0.05, 0.1) is 18.2 Å². The van der Waals surface area contributed by atoms with Crippen molar-refractivity contribution >= 4 is 17.4 Å². The molecule has 39 heavy (non-hydrogen) atoms. The molecule has 0 bridgehead atoms. The summed E-state index contributed by atoms with van der Waals surface area (Å²) in [5.74, 6) is 0.765. The van der Waals surface area contributed by atoms with E-state index in [-0.39, 0.29) is 11.3 Å². The number of carbonyl (C=O) groups is 2. The predicted octanol–water partition coefficient (Wildman–Crippen LogP) is 5.81. The highest BCUT2D eigenvalue weighted by Crippen LogP contribution is 2.41. The first-order chi connectivity index (χ1) is 18.7. The first kappa shape index (κ1) is 27.9. The molecule has 1 N–H and O–H groups in total. The molecule has 204 valence electrons. The monoisotopic (exact) mass is 528 g/mol. The van der Waals surface area contributed by atoms with Crippen LogP contribution >= 0.6 is 0 Å². The van der Waals surface area contributed by atoms with E-state index in [1.54, 1.807) is 12.1 Å². The van der Waals surface area contributed by atoms with Crippen molar-refractivity contribution in [2.75, 3.05) is 33.8 Å². The molecular formula is C32H36N2O5. The maximum atomic E-state index is 13.4. The number of likely N-dealkylation sites (N-methyl/N-ethyl adjacent to an activating group) is 1. The molecule has 1 aliphatic rings. The van der Waals surface area contributed by atoms with E-state index in [1.807, 2.05) is 86.6 Å². The summed E-state index contributed by atoms with van der Waals surface area (Å²) in [6.07, 6.45) is 0. The van der Waals surface area contributed by atoms with Gasteiger partial charge in [0.15, 0.2) is 0 Å². The van der Waals surface area contributed by atoms with Crippen LogP contribution in [0.1, 0.15) is 36.6 Å². The molecule has 0 spiro atoms. The van der Waals surface area contributed by atoms with E-state index < -0.39 is 17.7 Å². The molecule has 3 aromatic rings. The number of ketones is 1. The summed E-state index contributed by atoms with van der Waals surface area (Å²) in [7, 11) is 3.82. The third-order valence-corrected chi connectivity index (χ3v) is 6.52. The van der Waals surface area contributed by atoms with E-state index in [9.17, 15) is 14.7 Å². The lowest BCUT2D eigenvalue weighted by atomic mass is 9.93. The molecule has 1 heterocycles. The maximum absolute atomic E-state index is 13.4. The van der Waals surface area contributed by atoms with Crippen molar-refractivity contribution in [1.82, 2.24) is 9.80 Å². The summed E-state index contributed by atoms with van der Waals surface area (Å²) in [5.41, 5.74) is 1.97. The lowest BCUT2D eigenvalue weighted by molar-refractivity contribution is -0.140. The summed E-state index contributed by atoms with van der Waals surface area (Å²) < 4.78 is 11.9. The third kappa shape index (κ3) is 6.49. The number of Topliss-reactive ketones (excluding diaryl/α,β-unsaturated/α-hetero) is 1. The SMILES string of the molecule is Cc1cc(OCC(C)C)ccc1C(O)=C1C(=O)C(=O)N(CCN(C)C)[C@@H]1c1cccc(Oc2ccccc2)c1. The Balaban J connectivity index is 1.77. The number of hydrogen-bond acceptors (Lipinski definition) is 6. The number of aliphatic hydroxyl groups excluding tert-OH is 1. The van der Waals surface area contributed by atoms with E-state index in [0.29, 0.717) is 54.0 Å². The maximum Gasteiger partial charge on any atom is 0.295 e. The molecule has 0 radical (unpaired) electrons. The van der Waals surface area contributed by atoms with Gasteiger partial charge in [-0.3, -0.25) is 9.59 Å². The number of ether oxygens (including phenoxy) is 2. The zero-order valence-electron chi connectivity index (χ0n) is 23.2. The third-order valence-electron chi connectivity index (χ3n) is 6.52. The number of para-hydroxylation sites is 1. The van der Waals surface area contributed by atoms with Crippen molar-refractivity contribution < 1.29 is 24.2 Å². The van der Waals surface area contributed by atoms with Crippen molar-refractivity contribution in [3.05, 3.63) is 95.1 Å². The Labute approximate surface area is 230 Å². The number of aliphatic hydroxyl groups is 1. The topological polar surface area (TPSA) is 79.3 Å². The van der Waals surface area contributed by atoms with Crippen LogP contribution < -0.4 is 9.47 Å². The zero-order valence-corrected chi connectivity index (χ0v) is 23.2. The normalized spacial score (nSPS) is 16.8. The Hall–Kier alpha value is -4.10. The fourth-order valence-electron chi connectivity index (χ4n) is 4.54. The average Bonchev–Trinajstić information content (AvgIpc) is 3.16. The van der Waals surface area contributed by atoms with Crippen LogP contribution in [-0.2, 0) is 9.59 Å². The van der Waals surface area contributed by atoms with Crippen LogP contribution in [0.5, 0.6) is 17.2 Å². The van der Waals surface area contributed by atoms with Crippen molar-refractivity contribution in [1.29, 1.82) is 0 Å². The van der Waals surface area contributed by atoms with Gasteiger partial charge in [-0.1, -0.05) is 44.2 Å². The lowest BCUT2D eigenvalue weighted by Crippen LogP contribution is -2.35. The lowest BCUT2D eigenvalue weighted by Gasteiger charge is -2.27. The van der Waals surface area contributed by atoms with Crippen LogP contribution in [0.3, 0.4) is 0 Å². The van der Waals surface area contributed by atoms with E-state index >= 15 is 0 Å². The molecular weight excluding hydrogens is 492 g/mol. The molecule has 4 rings (SSSR count). The Morgan fingerprint density at radius 1 is 0.949 bits per heavy atom. The second kappa shape index (κ2) is 12.2. The molecule has 1 saturated heterocycles. The van der Waals surface area contributed by atoms with Gasteiger partial charge in [0.25, 0.3) is 11.7 Å². The fourth-order valence-corrected chi connectivity index (χ4v) is 4.54. The molecule has 0 saturated carbocycles. The summed E-state index contributed by atoms with van der Waals surface area (Å²) in [4.78, 5) is 30.2. The van der Waals surface area contributed by atoms with Crippen LogP contribution in [-0.4, -0.2) is 60.4 Å². The van der Waals surface area contributed by atoms with Gasteiger partial charge < -0.3 is 24.4 Å². The zero-order chi connectivity index (χ0) is 28.1. The summed E-state index contributed by atoms with van der Waals surface area (Å²) >= 11 is 0. The molecule has 1 atom stereocenters. The van der Waals surface area contributed by atoms with E-state index in [2.05, 4.69) is 13.8 Å². The number of likely N-dealkylation sites (tertiary alicyclic amines) is 1. The molecule has 1 amide bonds. The molecule has 0 unspecified atom stereocenters. The Morgan fingerprint density at radius 3 is 2.33 bits per heavy atom.